The third-order valence-electron chi connectivity index (χ3n) is 2.11. The fourth-order valence-electron chi connectivity index (χ4n) is 1.42. The van der Waals surface area contributed by atoms with Crippen LogP contribution >= 0.6 is 23.2 Å². The third kappa shape index (κ3) is 2.10. The fraction of sp³-hybridized carbons (Fsp3) is 0.0909. The minimum Gasteiger partial charge on any atom is -0.323 e. The average Bonchev–Trinajstić information content (AvgIpc) is 2.33. The predicted octanol–water partition coefficient (Wildman–Crippen LogP) is 3.07. The highest BCUT2D eigenvalue weighted by atomic mass is 35.5. The first-order valence-corrected chi connectivity index (χ1v) is 5.52. The van der Waals surface area contributed by atoms with E-state index < -0.39 is 0 Å². The summed E-state index contributed by atoms with van der Waals surface area (Å²) in [4.78, 5) is 15.4. The lowest BCUT2D eigenvalue weighted by molar-refractivity contribution is -0.113. The summed E-state index contributed by atoms with van der Waals surface area (Å²) in [6, 6.07) is 7.07. The molecular weight excluding hydrogens is 247 g/mol. The first-order chi connectivity index (χ1) is 7.72. The molecule has 0 saturated heterocycles. The topological polar surface area (TPSA) is 42.0 Å². The quantitative estimate of drug-likeness (QED) is 0.838. The van der Waals surface area contributed by atoms with E-state index in [1.165, 1.54) is 0 Å². The molecule has 0 saturated carbocycles. The number of pyridine rings is 1. The van der Waals surface area contributed by atoms with Gasteiger partial charge in [0, 0.05) is 11.6 Å². The van der Waals surface area contributed by atoms with Crippen LogP contribution in [0.1, 0.15) is 0 Å². The van der Waals surface area contributed by atoms with E-state index in [0.717, 1.165) is 5.39 Å². The van der Waals surface area contributed by atoms with E-state index in [0.29, 0.717) is 16.2 Å². The van der Waals surface area contributed by atoms with Crippen molar-refractivity contribution in [3.8, 4) is 0 Å². The Morgan fingerprint density at radius 3 is 2.94 bits per heavy atom. The Balaban J connectivity index is 2.54. The summed E-state index contributed by atoms with van der Waals surface area (Å²) in [5.41, 5.74) is 1.28. The second-order valence-corrected chi connectivity index (χ2v) is 3.85. The molecule has 1 amide bonds. The van der Waals surface area contributed by atoms with Crippen molar-refractivity contribution in [1.82, 2.24) is 4.98 Å². The molecule has 0 fully saturated rings. The Bertz CT molecular complexity index is 542. The number of halogens is 2. The molecular formula is C11H8Cl2N2O. The number of hydrogen-bond donors (Lipinski definition) is 1. The van der Waals surface area contributed by atoms with Gasteiger partial charge in [0.15, 0.2) is 0 Å². The molecule has 0 aliphatic heterocycles. The van der Waals surface area contributed by atoms with Crippen molar-refractivity contribution < 1.29 is 4.79 Å². The summed E-state index contributed by atoms with van der Waals surface area (Å²) in [5.74, 6) is -0.354. The predicted molar refractivity (Wildman–Crippen MR) is 66.1 cm³/mol. The maximum Gasteiger partial charge on any atom is 0.239 e. The van der Waals surface area contributed by atoms with E-state index in [4.69, 9.17) is 23.2 Å². The molecule has 0 aliphatic carbocycles. The van der Waals surface area contributed by atoms with Crippen LogP contribution in [-0.2, 0) is 4.79 Å². The standard InChI is InChI=1S/C11H8Cl2N2O/c12-6-10(16)15-9-4-3-8(13)7-2-1-5-14-11(7)9/h1-5H,6H2,(H,15,16). The number of aromatic nitrogens is 1. The average molecular weight is 255 g/mol. The van der Waals surface area contributed by atoms with E-state index in [9.17, 15) is 4.79 Å². The van der Waals surface area contributed by atoms with Gasteiger partial charge in [0.05, 0.1) is 16.2 Å². The Hall–Kier alpha value is -1.32. The molecule has 1 N–H and O–H groups in total. The van der Waals surface area contributed by atoms with E-state index in [2.05, 4.69) is 10.3 Å². The van der Waals surface area contributed by atoms with Gasteiger partial charge < -0.3 is 5.32 Å². The van der Waals surface area contributed by atoms with Crippen LogP contribution in [0.3, 0.4) is 0 Å². The fourth-order valence-corrected chi connectivity index (χ4v) is 1.70. The lowest BCUT2D eigenvalue weighted by atomic mass is 10.2. The Labute approximate surface area is 102 Å². The molecule has 16 heavy (non-hydrogen) atoms. The number of anilines is 1. The number of amides is 1. The number of nitrogens with one attached hydrogen (secondary N) is 1. The molecule has 2 rings (SSSR count). The highest BCUT2D eigenvalue weighted by molar-refractivity contribution is 6.36. The first-order valence-electron chi connectivity index (χ1n) is 4.61. The van der Waals surface area contributed by atoms with Crippen LogP contribution in [0.25, 0.3) is 10.9 Å². The minimum atomic E-state index is -0.268. The van der Waals surface area contributed by atoms with E-state index in [1.54, 1.807) is 24.4 Å². The van der Waals surface area contributed by atoms with E-state index in [1.807, 2.05) is 6.07 Å². The van der Waals surface area contributed by atoms with Gasteiger partial charge in [-0.3, -0.25) is 9.78 Å². The number of benzene rings is 1. The van der Waals surface area contributed by atoms with Crippen LogP contribution in [0.15, 0.2) is 30.5 Å². The Morgan fingerprint density at radius 2 is 2.19 bits per heavy atom. The summed E-state index contributed by atoms with van der Waals surface area (Å²) >= 11 is 11.4. The van der Waals surface area contributed by atoms with Gasteiger partial charge >= 0.3 is 0 Å². The summed E-state index contributed by atoms with van der Waals surface area (Å²) in [6.07, 6.45) is 1.65. The van der Waals surface area contributed by atoms with Crippen molar-refractivity contribution in [2.45, 2.75) is 0 Å². The Kier molecular flexibility index (Phi) is 3.27. The molecule has 1 aromatic carbocycles. The second-order valence-electron chi connectivity index (χ2n) is 3.18. The molecule has 0 spiro atoms. The zero-order valence-electron chi connectivity index (χ0n) is 8.21. The molecule has 1 aromatic heterocycles. The molecule has 0 bridgehead atoms. The maximum atomic E-state index is 11.2. The van der Waals surface area contributed by atoms with E-state index in [-0.39, 0.29) is 11.8 Å². The first kappa shape index (κ1) is 11.2. The van der Waals surface area contributed by atoms with Crippen molar-refractivity contribution in [2.75, 3.05) is 11.2 Å². The molecule has 0 unspecified atom stereocenters. The van der Waals surface area contributed by atoms with Crippen molar-refractivity contribution in [2.24, 2.45) is 0 Å². The highest BCUT2D eigenvalue weighted by Gasteiger charge is 2.07. The van der Waals surface area contributed by atoms with Crippen LogP contribution in [0, 0.1) is 0 Å². The number of rotatable bonds is 2. The van der Waals surface area contributed by atoms with Crippen LogP contribution in [0.5, 0.6) is 0 Å². The van der Waals surface area contributed by atoms with Crippen molar-refractivity contribution in [1.29, 1.82) is 0 Å². The second kappa shape index (κ2) is 4.68. The van der Waals surface area contributed by atoms with Gasteiger partial charge in [-0.2, -0.15) is 0 Å². The molecule has 3 nitrogen and oxygen atoms in total. The zero-order chi connectivity index (χ0) is 11.5. The molecule has 0 aliphatic rings. The third-order valence-corrected chi connectivity index (χ3v) is 2.68. The van der Waals surface area contributed by atoms with E-state index >= 15 is 0 Å². The van der Waals surface area contributed by atoms with Gasteiger partial charge in [-0.05, 0) is 24.3 Å². The van der Waals surface area contributed by atoms with Gasteiger partial charge in [-0.15, -0.1) is 11.6 Å². The van der Waals surface area contributed by atoms with Crippen molar-refractivity contribution in [3.05, 3.63) is 35.5 Å². The number of carbonyl (C=O) groups excluding carboxylic acids is 1. The number of hydrogen-bond acceptors (Lipinski definition) is 2. The van der Waals surface area contributed by atoms with Gasteiger partial charge in [-0.25, -0.2) is 0 Å². The zero-order valence-corrected chi connectivity index (χ0v) is 9.72. The summed E-state index contributed by atoms with van der Waals surface area (Å²) in [6.45, 7) is 0. The SMILES string of the molecule is O=C(CCl)Nc1ccc(Cl)c2cccnc12. The highest BCUT2D eigenvalue weighted by Crippen LogP contribution is 2.27. The molecule has 1 heterocycles. The number of carbonyl (C=O) groups is 1. The lowest BCUT2D eigenvalue weighted by Crippen LogP contribution is -2.13. The van der Waals surface area contributed by atoms with Crippen LogP contribution in [0.2, 0.25) is 5.02 Å². The lowest BCUT2D eigenvalue weighted by Gasteiger charge is -2.07. The van der Waals surface area contributed by atoms with Crippen LogP contribution < -0.4 is 5.32 Å². The molecule has 5 heteroatoms. The number of nitrogens with zero attached hydrogens (tertiary/aromatic N) is 1. The van der Waals surface area contributed by atoms with Gasteiger partial charge in [-0.1, -0.05) is 11.6 Å². The maximum absolute atomic E-state index is 11.2. The normalized spacial score (nSPS) is 10.4. The smallest absolute Gasteiger partial charge is 0.239 e. The molecule has 82 valence electrons. The van der Waals surface area contributed by atoms with Gasteiger partial charge in [0.25, 0.3) is 0 Å². The van der Waals surface area contributed by atoms with Crippen LogP contribution in [0.4, 0.5) is 5.69 Å². The number of alkyl halides is 1. The largest absolute Gasteiger partial charge is 0.323 e. The Morgan fingerprint density at radius 1 is 1.38 bits per heavy atom. The summed E-state index contributed by atoms with van der Waals surface area (Å²) in [7, 11) is 0. The summed E-state index contributed by atoms with van der Waals surface area (Å²) < 4.78 is 0. The summed E-state index contributed by atoms with van der Waals surface area (Å²) in [5, 5.41) is 4.08. The number of fused-ring (bicyclic) bond motifs is 1. The van der Waals surface area contributed by atoms with Crippen molar-refractivity contribution in [3.63, 3.8) is 0 Å². The molecule has 0 atom stereocenters. The van der Waals surface area contributed by atoms with Gasteiger partial charge in [0.2, 0.25) is 5.91 Å². The molecule has 2 aromatic rings. The molecule has 0 radical (unpaired) electrons. The van der Waals surface area contributed by atoms with Crippen LogP contribution in [-0.4, -0.2) is 16.8 Å². The van der Waals surface area contributed by atoms with Crippen molar-refractivity contribution >= 4 is 45.7 Å². The van der Waals surface area contributed by atoms with Gasteiger partial charge in [0.1, 0.15) is 5.88 Å². The minimum absolute atomic E-state index is 0.0864. The monoisotopic (exact) mass is 254 g/mol.